The summed E-state index contributed by atoms with van der Waals surface area (Å²) in [6, 6.07) is 22.7. The predicted octanol–water partition coefficient (Wildman–Crippen LogP) is 5.92. The van der Waals surface area contributed by atoms with Gasteiger partial charge < -0.3 is 10.3 Å². The number of hydrogen-bond donors (Lipinski definition) is 3. The molecule has 0 fully saturated rings. The maximum atomic E-state index is 4.66. The van der Waals surface area contributed by atoms with E-state index in [1.807, 2.05) is 49.1 Å². The molecule has 0 aliphatic carbocycles. The minimum absolute atomic E-state index is 0.727. The first-order valence-corrected chi connectivity index (χ1v) is 12.7. The third-order valence-corrected chi connectivity index (χ3v) is 6.80. The smallest absolute Gasteiger partial charge is 0.155 e. The Balaban J connectivity index is 1.20. The van der Waals surface area contributed by atoms with Gasteiger partial charge in [-0.3, -0.25) is 20.1 Å². The van der Waals surface area contributed by atoms with Crippen LogP contribution in [0.5, 0.6) is 0 Å². The van der Waals surface area contributed by atoms with Gasteiger partial charge in [-0.25, -0.2) is 4.98 Å². The van der Waals surface area contributed by atoms with Crippen molar-refractivity contribution < 1.29 is 0 Å². The first-order chi connectivity index (χ1) is 19.3. The summed E-state index contributed by atoms with van der Waals surface area (Å²) in [6.45, 7) is 1.53. The largest absolute Gasteiger partial charge is 0.353 e. The van der Waals surface area contributed by atoms with Gasteiger partial charge in [-0.15, -0.1) is 0 Å². The second kappa shape index (κ2) is 9.92. The van der Waals surface area contributed by atoms with Gasteiger partial charge >= 0.3 is 0 Å². The Kier molecular flexibility index (Phi) is 5.84. The van der Waals surface area contributed by atoms with Crippen LogP contribution in [0.15, 0.2) is 104 Å². The lowest BCUT2D eigenvalue weighted by molar-refractivity contribution is 0.691. The van der Waals surface area contributed by atoms with Crippen molar-refractivity contribution >= 4 is 21.9 Å². The SMILES string of the molecule is c1ccc(CNCc2cncc(-c3cnc4[nH]nc(-c5cc6c(-c7ccncc7)nccc6[nH]5)c4c3)c2)cc1. The monoisotopic (exact) mass is 508 g/mol. The fraction of sp³-hybridized carbons (Fsp3) is 0.0645. The Morgan fingerprint density at radius 3 is 2.38 bits per heavy atom. The first-order valence-electron chi connectivity index (χ1n) is 12.7. The summed E-state index contributed by atoms with van der Waals surface area (Å²) in [6.07, 6.45) is 11.0. The van der Waals surface area contributed by atoms with Crippen molar-refractivity contribution in [2.24, 2.45) is 0 Å². The van der Waals surface area contributed by atoms with Crippen LogP contribution in [0.4, 0.5) is 0 Å². The Morgan fingerprint density at radius 1 is 0.641 bits per heavy atom. The lowest BCUT2D eigenvalue weighted by atomic mass is 10.1. The molecule has 0 atom stereocenters. The zero-order chi connectivity index (χ0) is 26.0. The summed E-state index contributed by atoms with van der Waals surface area (Å²) in [4.78, 5) is 21.4. The molecule has 7 rings (SSSR count). The summed E-state index contributed by atoms with van der Waals surface area (Å²) in [5.74, 6) is 0. The van der Waals surface area contributed by atoms with E-state index in [0.29, 0.717) is 0 Å². The maximum Gasteiger partial charge on any atom is 0.155 e. The summed E-state index contributed by atoms with van der Waals surface area (Å²) < 4.78 is 0. The third kappa shape index (κ3) is 4.54. The lowest BCUT2D eigenvalue weighted by Crippen LogP contribution is -2.12. The van der Waals surface area contributed by atoms with Gasteiger partial charge in [0.25, 0.3) is 0 Å². The highest BCUT2D eigenvalue weighted by molar-refractivity contribution is 5.99. The highest BCUT2D eigenvalue weighted by Crippen LogP contribution is 2.33. The molecule has 0 amide bonds. The fourth-order valence-electron chi connectivity index (χ4n) is 4.88. The summed E-state index contributed by atoms with van der Waals surface area (Å²) >= 11 is 0. The van der Waals surface area contributed by atoms with E-state index >= 15 is 0 Å². The number of H-pyrrole nitrogens is 2. The van der Waals surface area contributed by atoms with Gasteiger partial charge in [-0.05, 0) is 47.5 Å². The van der Waals surface area contributed by atoms with E-state index < -0.39 is 0 Å². The molecule has 6 heterocycles. The topological polar surface area (TPSA) is 108 Å². The lowest BCUT2D eigenvalue weighted by Gasteiger charge is -2.07. The van der Waals surface area contributed by atoms with Gasteiger partial charge in [0, 0.05) is 83.3 Å². The molecule has 8 heteroatoms. The van der Waals surface area contributed by atoms with Crippen LogP contribution < -0.4 is 5.32 Å². The van der Waals surface area contributed by atoms with Gasteiger partial charge in [-0.2, -0.15) is 5.10 Å². The molecule has 39 heavy (non-hydrogen) atoms. The molecule has 8 nitrogen and oxygen atoms in total. The van der Waals surface area contributed by atoms with Crippen LogP contribution in [0.3, 0.4) is 0 Å². The molecule has 0 bridgehead atoms. The zero-order valence-corrected chi connectivity index (χ0v) is 21.0. The van der Waals surface area contributed by atoms with Crippen LogP contribution in [0.1, 0.15) is 11.1 Å². The molecule has 0 aliphatic heterocycles. The first kappa shape index (κ1) is 22.9. The Bertz CT molecular complexity index is 1890. The maximum absolute atomic E-state index is 4.66. The third-order valence-electron chi connectivity index (χ3n) is 6.80. The van der Waals surface area contributed by atoms with E-state index in [2.05, 4.69) is 82.9 Å². The van der Waals surface area contributed by atoms with Gasteiger partial charge in [0.1, 0.15) is 5.69 Å². The Morgan fingerprint density at radius 2 is 1.49 bits per heavy atom. The van der Waals surface area contributed by atoms with Crippen molar-refractivity contribution in [2.75, 3.05) is 0 Å². The zero-order valence-electron chi connectivity index (χ0n) is 21.0. The number of benzene rings is 1. The van der Waals surface area contributed by atoms with Crippen LogP contribution in [-0.4, -0.2) is 35.1 Å². The van der Waals surface area contributed by atoms with Crippen molar-refractivity contribution in [1.82, 2.24) is 40.4 Å². The van der Waals surface area contributed by atoms with E-state index in [1.165, 1.54) is 5.56 Å². The molecule has 0 unspecified atom stereocenters. The van der Waals surface area contributed by atoms with Gasteiger partial charge in [0.2, 0.25) is 0 Å². The molecule has 0 radical (unpaired) electrons. The van der Waals surface area contributed by atoms with Crippen molar-refractivity contribution in [2.45, 2.75) is 13.1 Å². The standard InChI is InChI=1S/C31H24N8/c1-2-4-20(5-3-1)15-33-16-21-12-23(18-34-17-21)24-13-26-30(38-39-31(26)36-19-24)28-14-25-27(37-28)8-11-35-29(25)22-6-9-32-10-7-22/h1-14,17-19,33,37H,15-16H2,(H,36,38,39). The molecule has 0 saturated carbocycles. The number of nitrogens with one attached hydrogen (secondary N) is 3. The Labute approximate surface area is 224 Å². The predicted molar refractivity (Wildman–Crippen MR) is 152 cm³/mol. The molecule has 6 aromatic heterocycles. The van der Waals surface area contributed by atoms with Crippen molar-refractivity contribution in [3.05, 3.63) is 115 Å². The number of nitrogens with zero attached hydrogens (tertiary/aromatic N) is 5. The summed E-state index contributed by atoms with van der Waals surface area (Å²) in [7, 11) is 0. The molecule has 1 aromatic carbocycles. The number of pyridine rings is 4. The summed E-state index contributed by atoms with van der Waals surface area (Å²) in [5, 5.41) is 13.2. The highest BCUT2D eigenvalue weighted by Gasteiger charge is 2.15. The minimum atomic E-state index is 0.727. The normalized spacial score (nSPS) is 11.4. The average Bonchev–Trinajstić information content (AvgIpc) is 3.62. The Hall–Kier alpha value is -5.21. The highest BCUT2D eigenvalue weighted by atomic mass is 15.2. The molecule has 0 aliphatic rings. The molecule has 188 valence electrons. The number of aromatic nitrogens is 7. The average molecular weight is 509 g/mol. The van der Waals surface area contributed by atoms with Crippen LogP contribution in [-0.2, 0) is 13.1 Å². The minimum Gasteiger partial charge on any atom is -0.353 e. The molecular formula is C31H24N8. The van der Waals surface area contributed by atoms with Crippen LogP contribution in [0, 0.1) is 0 Å². The number of rotatable bonds is 7. The van der Waals surface area contributed by atoms with Gasteiger partial charge in [-0.1, -0.05) is 30.3 Å². The molecule has 0 spiro atoms. The van der Waals surface area contributed by atoms with E-state index in [0.717, 1.165) is 74.4 Å². The number of aromatic amines is 2. The molecule has 7 aromatic rings. The molecule has 3 N–H and O–H groups in total. The van der Waals surface area contributed by atoms with Crippen LogP contribution in [0.2, 0.25) is 0 Å². The van der Waals surface area contributed by atoms with Crippen molar-refractivity contribution in [3.63, 3.8) is 0 Å². The summed E-state index contributed by atoms with van der Waals surface area (Å²) in [5.41, 5.74) is 9.71. The second-order valence-electron chi connectivity index (χ2n) is 9.40. The van der Waals surface area contributed by atoms with Gasteiger partial charge in [0.05, 0.1) is 11.4 Å². The van der Waals surface area contributed by atoms with Gasteiger partial charge in [0.15, 0.2) is 5.65 Å². The van der Waals surface area contributed by atoms with Crippen molar-refractivity contribution in [1.29, 1.82) is 0 Å². The van der Waals surface area contributed by atoms with E-state index in [4.69, 9.17) is 0 Å². The van der Waals surface area contributed by atoms with Crippen LogP contribution in [0.25, 0.3) is 55.7 Å². The van der Waals surface area contributed by atoms with Crippen molar-refractivity contribution in [3.8, 4) is 33.8 Å². The number of hydrogen-bond acceptors (Lipinski definition) is 6. The number of fused-ring (bicyclic) bond motifs is 2. The molecule has 0 saturated heterocycles. The quantitative estimate of drug-likeness (QED) is 0.247. The van der Waals surface area contributed by atoms with E-state index in [9.17, 15) is 0 Å². The second-order valence-corrected chi connectivity index (χ2v) is 9.40. The fourth-order valence-corrected chi connectivity index (χ4v) is 4.88. The van der Waals surface area contributed by atoms with E-state index in [1.54, 1.807) is 12.4 Å². The van der Waals surface area contributed by atoms with E-state index in [-0.39, 0.29) is 0 Å². The molecular weight excluding hydrogens is 484 g/mol. The van der Waals surface area contributed by atoms with Crippen LogP contribution >= 0.6 is 0 Å².